The molecule has 1 saturated heterocycles. The van der Waals surface area contributed by atoms with E-state index in [-0.39, 0.29) is 30.5 Å². The van der Waals surface area contributed by atoms with Gasteiger partial charge in [0.2, 0.25) is 0 Å². The van der Waals surface area contributed by atoms with Crippen molar-refractivity contribution >= 4 is 18.3 Å². The molecule has 0 bridgehead atoms. The first-order valence-electron chi connectivity index (χ1n) is 6.83. The summed E-state index contributed by atoms with van der Waals surface area (Å²) in [5, 5.41) is 0. The number of carbonyl (C=O) groups excluding carboxylic acids is 1. The van der Waals surface area contributed by atoms with Crippen LogP contribution in [0.4, 0.5) is 0 Å². The molecule has 1 heterocycles. The average molecular weight is 291 g/mol. The second-order valence-corrected chi connectivity index (χ2v) is 5.11. The van der Waals surface area contributed by atoms with Crippen LogP contribution in [0.15, 0.2) is 12.7 Å². The van der Waals surface area contributed by atoms with Crippen LogP contribution in [-0.4, -0.2) is 42.6 Å². The summed E-state index contributed by atoms with van der Waals surface area (Å²) in [5.74, 6) is 0.647. The number of ether oxygens (including phenoxy) is 1. The second kappa shape index (κ2) is 9.34. The lowest BCUT2D eigenvalue weighted by molar-refractivity contribution is -0.144. The standard InChI is InChI=1S/C14H26N2O2.ClH/c1-4-5-10-18-12(3)14(17)16-8-6-13(7-9-16)11(2)15;/h4,11-13H,1,5-10,15H2,2-3H3;1H. The van der Waals surface area contributed by atoms with Crippen molar-refractivity contribution in [3.8, 4) is 0 Å². The van der Waals surface area contributed by atoms with Gasteiger partial charge in [0.05, 0.1) is 6.61 Å². The van der Waals surface area contributed by atoms with Gasteiger partial charge < -0.3 is 15.4 Å². The van der Waals surface area contributed by atoms with E-state index in [0.29, 0.717) is 12.5 Å². The van der Waals surface area contributed by atoms with Crippen LogP contribution in [0.3, 0.4) is 0 Å². The van der Waals surface area contributed by atoms with Gasteiger partial charge in [-0.2, -0.15) is 0 Å². The molecule has 0 aromatic heterocycles. The molecular weight excluding hydrogens is 264 g/mol. The van der Waals surface area contributed by atoms with Crippen molar-refractivity contribution in [3.63, 3.8) is 0 Å². The van der Waals surface area contributed by atoms with Gasteiger partial charge in [-0.1, -0.05) is 6.08 Å². The van der Waals surface area contributed by atoms with Gasteiger partial charge >= 0.3 is 0 Å². The molecule has 2 N–H and O–H groups in total. The lowest BCUT2D eigenvalue weighted by atomic mass is 9.91. The summed E-state index contributed by atoms with van der Waals surface area (Å²) in [4.78, 5) is 14.0. The van der Waals surface area contributed by atoms with Gasteiger partial charge in [0, 0.05) is 19.1 Å². The normalized spacial score (nSPS) is 19.4. The average Bonchev–Trinajstić information content (AvgIpc) is 2.38. The topological polar surface area (TPSA) is 55.6 Å². The Bertz CT molecular complexity index is 277. The van der Waals surface area contributed by atoms with Crippen molar-refractivity contribution in [2.24, 2.45) is 11.7 Å². The minimum atomic E-state index is -0.350. The molecule has 0 spiro atoms. The molecule has 112 valence electrons. The predicted molar refractivity (Wildman–Crippen MR) is 80.4 cm³/mol. The van der Waals surface area contributed by atoms with Crippen LogP contribution in [0.1, 0.15) is 33.1 Å². The Morgan fingerprint density at radius 2 is 2.05 bits per heavy atom. The maximum Gasteiger partial charge on any atom is 0.251 e. The molecule has 1 rings (SSSR count). The number of amides is 1. The first-order valence-corrected chi connectivity index (χ1v) is 6.83. The zero-order valence-corrected chi connectivity index (χ0v) is 12.8. The van der Waals surface area contributed by atoms with E-state index >= 15 is 0 Å². The number of hydrogen-bond donors (Lipinski definition) is 1. The van der Waals surface area contributed by atoms with E-state index in [9.17, 15) is 4.79 Å². The quantitative estimate of drug-likeness (QED) is 0.601. The van der Waals surface area contributed by atoms with Crippen molar-refractivity contribution in [2.75, 3.05) is 19.7 Å². The highest BCUT2D eigenvalue weighted by molar-refractivity contribution is 5.85. The Morgan fingerprint density at radius 1 is 1.47 bits per heavy atom. The molecule has 2 unspecified atom stereocenters. The van der Waals surface area contributed by atoms with Crippen LogP contribution in [0.25, 0.3) is 0 Å². The number of rotatable bonds is 6. The number of likely N-dealkylation sites (tertiary alicyclic amines) is 1. The molecule has 2 atom stereocenters. The van der Waals surface area contributed by atoms with Crippen molar-refractivity contribution in [1.29, 1.82) is 0 Å². The molecule has 1 amide bonds. The summed E-state index contributed by atoms with van der Waals surface area (Å²) in [6, 6.07) is 0.225. The van der Waals surface area contributed by atoms with Crippen LogP contribution in [0, 0.1) is 5.92 Å². The highest BCUT2D eigenvalue weighted by Gasteiger charge is 2.27. The van der Waals surface area contributed by atoms with E-state index in [4.69, 9.17) is 10.5 Å². The van der Waals surface area contributed by atoms with Gasteiger partial charge in [-0.15, -0.1) is 19.0 Å². The van der Waals surface area contributed by atoms with Crippen molar-refractivity contribution in [2.45, 2.75) is 45.3 Å². The third-order valence-corrected chi connectivity index (χ3v) is 3.63. The Hall–Kier alpha value is -0.580. The van der Waals surface area contributed by atoms with E-state index < -0.39 is 0 Å². The summed E-state index contributed by atoms with van der Waals surface area (Å²) in [5.41, 5.74) is 5.89. The van der Waals surface area contributed by atoms with Crippen LogP contribution < -0.4 is 5.73 Å². The molecule has 1 aliphatic heterocycles. The van der Waals surface area contributed by atoms with Gasteiger partial charge in [0.15, 0.2) is 0 Å². The molecule has 0 aromatic rings. The van der Waals surface area contributed by atoms with Gasteiger partial charge in [0.1, 0.15) is 6.10 Å². The number of piperidine rings is 1. The zero-order chi connectivity index (χ0) is 13.5. The largest absolute Gasteiger partial charge is 0.368 e. The maximum absolute atomic E-state index is 12.1. The molecule has 19 heavy (non-hydrogen) atoms. The molecule has 0 radical (unpaired) electrons. The molecule has 1 fully saturated rings. The Morgan fingerprint density at radius 3 is 2.53 bits per heavy atom. The molecule has 1 aliphatic rings. The smallest absolute Gasteiger partial charge is 0.251 e. The van der Waals surface area contributed by atoms with Crippen molar-refractivity contribution in [1.82, 2.24) is 4.90 Å². The number of nitrogens with two attached hydrogens (primary N) is 1. The summed E-state index contributed by atoms with van der Waals surface area (Å²) in [7, 11) is 0. The molecular formula is C14H27ClN2O2. The SMILES string of the molecule is C=CCCOC(C)C(=O)N1CCC(C(C)N)CC1.Cl. The summed E-state index contributed by atoms with van der Waals surface area (Å²) < 4.78 is 5.48. The fraction of sp³-hybridized carbons (Fsp3) is 0.786. The van der Waals surface area contributed by atoms with Crippen LogP contribution in [-0.2, 0) is 9.53 Å². The Kier molecular flexibility index (Phi) is 9.06. The molecule has 0 saturated carbocycles. The summed E-state index contributed by atoms with van der Waals surface area (Å²) >= 11 is 0. The molecule has 0 aliphatic carbocycles. The van der Waals surface area contributed by atoms with Gasteiger partial charge in [0.25, 0.3) is 5.91 Å². The van der Waals surface area contributed by atoms with E-state index in [1.165, 1.54) is 0 Å². The Labute approximate surface area is 122 Å². The third-order valence-electron chi connectivity index (χ3n) is 3.63. The Balaban J connectivity index is 0.00000324. The van der Waals surface area contributed by atoms with Crippen LogP contribution in [0.2, 0.25) is 0 Å². The minimum Gasteiger partial charge on any atom is -0.368 e. The third kappa shape index (κ3) is 5.93. The first-order chi connectivity index (χ1) is 8.56. The van der Waals surface area contributed by atoms with E-state index in [0.717, 1.165) is 32.4 Å². The fourth-order valence-electron chi connectivity index (χ4n) is 2.30. The van der Waals surface area contributed by atoms with Gasteiger partial charge in [-0.25, -0.2) is 0 Å². The number of hydrogen-bond acceptors (Lipinski definition) is 3. The maximum atomic E-state index is 12.1. The summed E-state index contributed by atoms with van der Waals surface area (Å²) in [6.45, 7) is 9.67. The number of nitrogens with zero attached hydrogens (tertiary/aromatic N) is 1. The molecule has 5 heteroatoms. The number of carbonyl (C=O) groups is 1. The van der Waals surface area contributed by atoms with Crippen molar-refractivity contribution < 1.29 is 9.53 Å². The highest BCUT2D eigenvalue weighted by atomic mass is 35.5. The lowest BCUT2D eigenvalue weighted by Crippen LogP contribution is -2.46. The van der Waals surface area contributed by atoms with Crippen LogP contribution >= 0.6 is 12.4 Å². The fourth-order valence-corrected chi connectivity index (χ4v) is 2.30. The van der Waals surface area contributed by atoms with Gasteiger partial charge in [-0.05, 0) is 39.0 Å². The monoisotopic (exact) mass is 290 g/mol. The summed E-state index contributed by atoms with van der Waals surface area (Å²) in [6.07, 6.45) is 4.23. The minimum absolute atomic E-state index is 0. The van der Waals surface area contributed by atoms with E-state index in [1.807, 2.05) is 18.7 Å². The van der Waals surface area contributed by atoms with Crippen LogP contribution in [0.5, 0.6) is 0 Å². The zero-order valence-electron chi connectivity index (χ0n) is 12.0. The first kappa shape index (κ1) is 18.4. The lowest BCUT2D eigenvalue weighted by Gasteiger charge is -2.35. The van der Waals surface area contributed by atoms with Gasteiger partial charge in [-0.3, -0.25) is 4.79 Å². The predicted octanol–water partition coefficient (Wildman–Crippen LogP) is 1.98. The molecule has 0 aromatic carbocycles. The molecule has 4 nitrogen and oxygen atoms in total. The number of halogens is 1. The van der Waals surface area contributed by atoms with E-state index in [2.05, 4.69) is 6.58 Å². The second-order valence-electron chi connectivity index (χ2n) is 5.11. The van der Waals surface area contributed by atoms with Crippen molar-refractivity contribution in [3.05, 3.63) is 12.7 Å². The van der Waals surface area contributed by atoms with E-state index in [1.54, 1.807) is 6.08 Å². The highest BCUT2D eigenvalue weighted by Crippen LogP contribution is 2.20.